The Labute approximate surface area is 163 Å². The van der Waals surface area contributed by atoms with E-state index in [2.05, 4.69) is 41.3 Å². The fourth-order valence-electron chi connectivity index (χ4n) is 4.29. The summed E-state index contributed by atoms with van der Waals surface area (Å²) < 4.78 is 12.2. The Morgan fingerprint density at radius 2 is 2.04 bits per heavy atom. The molecule has 0 aromatic rings. The number of aliphatic imine (C=N–C) groups is 1. The molecule has 2 fully saturated rings. The summed E-state index contributed by atoms with van der Waals surface area (Å²) in [6.45, 7) is 12.3. The first-order chi connectivity index (χ1) is 12.4. The van der Waals surface area contributed by atoms with Crippen LogP contribution in [0.5, 0.6) is 0 Å². The topological polar surface area (TPSA) is 56.7 Å². The Morgan fingerprint density at radius 1 is 1.27 bits per heavy atom. The average Bonchev–Trinajstić information content (AvgIpc) is 2.64. The molecular formula is C20H40N4OS. The van der Waals surface area contributed by atoms with Crippen LogP contribution in [0.25, 0.3) is 0 Å². The van der Waals surface area contributed by atoms with Gasteiger partial charge < -0.3 is 10.6 Å². The summed E-state index contributed by atoms with van der Waals surface area (Å²) in [5, 5.41) is 7.48. The number of guanidine groups is 1. The molecule has 0 aromatic heterocycles. The summed E-state index contributed by atoms with van der Waals surface area (Å²) in [5.41, 5.74) is 0.116. The molecule has 0 bridgehead atoms. The van der Waals surface area contributed by atoms with Gasteiger partial charge >= 0.3 is 0 Å². The zero-order valence-electron chi connectivity index (χ0n) is 17.5. The summed E-state index contributed by atoms with van der Waals surface area (Å²) in [5.74, 6) is 2.45. The van der Waals surface area contributed by atoms with E-state index in [9.17, 15) is 4.21 Å². The van der Waals surface area contributed by atoms with Crippen LogP contribution in [0.15, 0.2) is 4.99 Å². The highest BCUT2D eigenvalue weighted by Gasteiger charge is 2.31. The molecule has 0 radical (unpaired) electrons. The molecule has 1 saturated heterocycles. The lowest BCUT2D eigenvalue weighted by Crippen LogP contribution is -2.56. The second-order valence-corrected chi connectivity index (χ2v) is 10.7. The first kappa shape index (κ1) is 21.7. The van der Waals surface area contributed by atoms with Gasteiger partial charge in [-0.05, 0) is 58.4 Å². The van der Waals surface area contributed by atoms with Crippen molar-refractivity contribution in [2.45, 2.75) is 83.1 Å². The van der Waals surface area contributed by atoms with Gasteiger partial charge in [0.25, 0.3) is 0 Å². The van der Waals surface area contributed by atoms with Crippen molar-refractivity contribution in [2.24, 2.45) is 10.9 Å². The molecule has 2 aliphatic rings. The van der Waals surface area contributed by atoms with Crippen LogP contribution in [-0.2, 0) is 10.8 Å². The van der Waals surface area contributed by atoms with E-state index in [0.29, 0.717) is 11.3 Å². The fraction of sp³-hybridized carbons (Fsp3) is 0.950. The number of likely N-dealkylation sites (tertiary alicyclic amines) is 1. The number of nitrogens with zero attached hydrogens (tertiary/aromatic N) is 2. The number of nitrogens with one attached hydrogen (secondary N) is 2. The predicted molar refractivity (Wildman–Crippen MR) is 113 cm³/mol. The number of rotatable bonds is 6. The van der Waals surface area contributed by atoms with Crippen LogP contribution in [0.3, 0.4) is 0 Å². The van der Waals surface area contributed by atoms with Gasteiger partial charge in [-0.25, -0.2) is 0 Å². The normalized spacial score (nSPS) is 30.0. The molecule has 4 atom stereocenters. The summed E-state index contributed by atoms with van der Waals surface area (Å²) in [7, 11) is 1.16. The van der Waals surface area contributed by atoms with Gasteiger partial charge in [-0.15, -0.1) is 0 Å². The molecule has 2 N–H and O–H groups in total. The molecule has 0 spiro atoms. The van der Waals surface area contributed by atoms with Crippen LogP contribution in [0.2, 0.25) is 0 Å². The van der Waals surface area contributed by atoms with E-state index < -0.39 is 10.8 Å². The third-order valence-corrected chi connectivity index (χ3v) is 7.79. The van der Waals surface area contributed by atoms with E-state index in [-0.39, 0.29) is 5.54 Å². The highest BCUT2D eigenvalue weighted by molar-refractivity contribution is 7.85. The minimum Gasteiger partial charge on any atom is -0.355 e. The van der Waals surface area contributed by atoms with Crippen molar-refractivity contribution >= 4 is 16.8 Å². The quantitative estimate of drug-likeness (QED) is 0.546. The molecule has 4 unspecified atom stereocenters. The van der Waals surface area contributed by atoms with Crippen LogP contribution in [0, 0.1) is 5.92 Å². The maximum atomic E-state index is 12.2. The Bertz CT molecular complexity index is 494. The molecule has 1 heterocycles. The van der Waals surface area contributed by atoms with E-state index in [0.717, 1.165) is 49.9 Å². The number of piperidine rings is 1. The van der Waals surface area contributed by atoms with E-state index in [1.54, 1.807) is 0 Å². The molecule has 0 amide bonds. The van der Waals surface area contributed by atoms with Crippen molar-refractivity contribution in [1.29, 1.82) is 0 Å². The minimum atomic E-state index is -0.683. The lowest BCUT2D eigenvalue weighted by molar-refractivity contribution is 0.0739. The Morgan fingerprint density at radius 3 is 2.69 bits per heavy atom. The molecule has 1 aliphatic heterocycles. The Balaban J connectivity index is 1.84. The first-order valence-electron chi connectivity index (χ1n) is 10.4. The van der Waals surface area contributed by atoms with Crippen LogP contribution in [0.1, 0.15) is 66.2 Å². The van der Waals surface area contributed by atoms with Crippen LogP contribution < -0.4 is 10.6 Å². The molecule has 2 rings (SSSR count). The third kappa shape index (κ3) is 6.22. The zero-order valence-corrected chi connectivity index (χ0v) is 18.3. The molecule has 26 heavy (non-hydrogen) atoms. The van der Waals surface area contributed by atoms with Gasteiger partial charge in [0.15, 0.2) is 5.96 Å². The van der Waals surface area contributed by atoms with Crippen molar-refractivity contribution in [2.75, 3.05) is 32.4 Å². The molecular weight excluding hydrogens is 344 g/mol. The van der Waals surface area contributed by atoms with Gasteiger partial charge in [-0.2, -0.15) is 0 Å². The molecule has 1 saturated carbocycles. The molecule has 5 nitrogen and oxygen atoms in total. The summed E-state index contributed by atoms with van der Waals surface area (Å²) in [6.07, 6.45) is 7.05. The summed E-state index contributed by atoms with van der Waals surface area (Å²) in [4.78, 5) is 7.05. The van der Waals surface area contributed by atoms with Gasteiger partial charge in [-0.3, -0.25) is 14.1 Å². The highest BCUT2D eigenvalue weighted by Crippen LogP contribution is 2.24. The number of hydrogen-bond donors (Lipinski definition) is 2. The molecule has 1 aliphatic carbocycles. The van der Waals surface area contributed by atoms with E-state index >= 15 is 0 Å². The number of hydrogen-bond acceptors (Lipinski definition) is 3. The maximum Gasteiger partial charge on any atom is 0.191 e. The highest BCUT2D eigenvalue weighted by atomic mass is 32.2. The SMILES string of the molecule is CCS(=O)C1CCCC(NC(=NC)NCC(C)(C)N2CCCC(C)C2)C1. The Kier molecular flexibility index (Phi) is 8.40. The standard InChI is InChI=1S/C20H40N4OS/c1-6-26(25)18-11-7-10-17(13-18)23-19(21-5)22-15-20(3,4)24-12-8-9-16(2)14-24/h16-18H,6-15H2,1-5H3,(H2,21,22,23). The summed E-state index contributed by atoms with van der Waals surface area (Å²) >= 11 is 0. The zero-order chi connectivity index (χ0) is 19.2. The van der Waals surface area contributed by atoms with E-state index in [1.165, 1.54) is 25.9 Å². The van der Waals surface area contributed by atoms with Crippen LogP contribution in [0.4, 0.5) is 0 Å². The van der Waals surface area contributed by atoms with Gasteiger partial charge in [0.05, 0.1) is 0 Å². The lowest BCUT2D eigenvalue weighted by Gasteiger charge is -2.43. The van der Waals surface area contributed by atoms with Crippen LogP contribution >= 0.6 is 0 Å². The van der Waals surface area contributed by atoms with E-state index in [4.69, 9.17) is 0 Å². The second-order valence-electron chi connectivity index (χ2n) is 8.73. The molecule has 6 heteroatoms. The van der Waals surface area contributed by atoms with E-state index in [1.807, 2.05) is 14.0 Å². The fourth-order valence-corrected chi connectivity index (χ4v) is 5.64. The van der Waals surface area contributed by atoms with Gasteiger partial charge in [0.1, 0.15) is 0 Å². The second kappa shape index (κ2) is 10.1. The van der Waals surface area contributed by atoms with Crippen molar-refractivity contribution in [1.82, 2.24) is 15.5 Å². The van der Waals surface area contributed by atoms with Gasteiger partial charge in [-0.1, -0.05) is 20.3 Å². The Hall–Kier alpha value is -0.620. The summed E-state index contributed by atoms with van der Waals surface area (Å²) in [6, 6.07) is 0.383. The predicted octanol–water partition coefficient (Wildman–Crippen LogP) is 2.74. The van der Waals surface area contributed by atoms with Crippen LogP contribution in [-0.4, -0.2) is 64.3 Å². The van der Waals surface area contributed by atoms with Gasteiger partial charge in [0.2, 0.25) is 0 Å². The van der Waals surface area contributed by atoms with Crippen molar-refractivity contribution in [3.8, 4) is 0 Å². The maximum absolute atomic E-state index is 12.2. The largest absolute Gasteiger partial charge is 0.355 e. The monoisotopic (exact) mass is 384 g/mol. The lowest BCUT2D eigenvalue weighted by atomic mass is 9.93. The van der Waals surface area contributed by atoms with Crippen molar-refractivity contribution in [3.05, 3.63) is 0 Å². The van der Waals surface area contributed by atoms with Gasteiger partial charge in [0, 0.05) is 53.5 Å². The molecule has 0 aromatic carbocycles. The van der Waals surface area contributed by atoms with Crippen molar-refractivity contribution < 1.29 is 4.21 Å². The minimum absolute atomic E-state index is 0.116. The van der Waals surface area contributed by atoms with Crippen molar-refractivity contribution in [3.63, 3.8) is 0 Å². The first-order valence-corrected chi connectivity index (χ1v) is 11.8. The third-order valence-electron chi connectivity index (χ3n) is 6.05. The molecule has 152 valence electrons. The smallest absolute Gasteiger partial charge is 0.191 e. The average molecular weight is 385 g/mol.